The van der Waals surface area contributed by atoms with Crippen LogP contribution in [-0.2, 0) is 10.2 Å². The molecule has 116 valence electrons. The molecule has 8 heteroatoms. The smallest absolute Gasteiger partial charge is 0.337 e. The van der Waals surface area contributed by atoms with Gasteiger partial charge in [0.1, 0.15) is 0 Å². The van der Waals surface area contributed by atoms with Crippen molar-refractivity contribution in [1.29, 1.82) is 0 Å². The first-order valence-electron chi connectivity index (χ1n) is 6.60. The number of aromatic carboxylic acids is 1. The molecule has 0 unspecified atom stereocenters. The van der Waals surface area contributed by atoms with E-state index in [4.69, 9.17) is 16.7 Å². The van der Waals surface area contributed by atoms with Gasteiger partial charge in [-0.2, -0.15) is 12.7 Å². The van der Waals surface area contributed by atoms with Gasteiger partial charge in [-0.3, -0.25) is 4.72 Å². The molecule has 0 radical (unpaired) electrons. The van der Waals surface area contributed by atoms with E-state index in [2.05, 4.69) is 11.6 Å². The van der Waals surface area contributed by atoms with Crippen LogP contribution in [0.1, 0.15) is 30.1 Å². The Balaban J connectivity index is 2.23. The van der Waals surface area contributed by atoms with Crippen LogP contribution >= 0.6 is 11.6 Å². The molecule has 0 saturated carbocycles. The Morgan fingerprint density at radius 1 is 1.38 bits per heavy atom. The molecule has 0 bridgehead atoms. The van der Waals surface area contributed by atoms with Crippen molar-refractivity contribution >= 4 is 33.5 Å². The summed E-state index contributed by atoms with van der Waals surface area (Å²) < 4.78 is 28.3. The zero-order valence-corrected chi connectivity index (χ0v) is 13.1. The largest absolute Gasteiger partial charge is 0.478 e. The standard InChI is InChI=1S/C13H17ClN2O4S/c1-9-4-6-16(7-5-9)21(19,20)15-12-3-2-10(14)8-11(12)13(17)18/h2-3,8-9,15H,4-7H2,1H3,(H,17,18). The van der Waals surface area contributed by atoms with Crippen molar-refractivity contribution in [3.63, 3.8) is 0 Å². The van der Waals surface area contributed by atoms with Crippen molar-refractivity contribution in [2.45, 2.75) is 19.8 Å². The van der Waals surface area contributed by atoms with Gasteiger partial charge < -0.3 is 5.11 Å². The first kappa shape index (κ1) is 16.1. The zero-order chi connectivity index (χ0) is 15.6. The van der Waals surface area contributed by atoms with Crippen molar-refractivity contribution < 1.29 is 18.3 Å². The monoisotopic (exact) mass is 332 g/mol. The molecule has 1 aliphatic rings. The fourth-order valence-corrected chi connectivity index (χ4v) is 3.66. The van der Waals surface area contributed by atoms with Gasteiger partial charge in [0.2, 0.25) is 0 Å². The maximum absolute atomic E-state index is 12.3. The van der Waals surface area contributed by atoms with E-state index in [1.807, 2.05) is 0 Å². The first-order chi connectivity index (χ1) is 9.79. The summed E-state index contributed by atoms with van der Waals surface area (Å²) in [6.45, 7) is 2.96. The zero-order valence-electron chi connectivity index (χ0n) is 11.5. The minimum atomic E-state index is -3.75. The Labute approximate surface area is 128 Å². The number of rotatable bonds is 4. The predicted molar refractivity (Wildman–Crippen MR) is 80.9 cm³/mol. The molecular weight excluding hydrogens is 316 g/mol. The first-order valence-corrected chi connectivity index (χ1v) is 8.42. The molecule has 1 aromatic carbocycles. The number of carbonyl (C=O) groups is 1. The number of anilines is 1. The van der Waals surface area contributed by atoms with Gasteiger partial charge in [-0.05, 0) is 37.0 Å². The Morgan fingerprint density at radius 3 is 2.57 bits per heavy atom. The van der Waals surface area contributed by atoms with Crippen LogP contribution in [0.5, 0.6) is 0 Å². The quantitative estimate of drug-likeness (QED) is 0.886. The molecule has 2 rings (SSSR count). The van der Waals surface area contributed by atoms with Crippen molar-refractivity contribution in [2.75, 3.05) is 17.8 Å². The average molecular weight is 333 g/mol. The van der Waals surface area contributed by atoms with Crippen LogP contribution in [-0.4, -0.2) is 36.9 Å². The lowest BCUT2D eigenvalue weighted by atomic mass is 10.0. The third kappa shape index (κ3) is 3.87. The molecule has 1 heterocycles. The summed E-state index contributed by atoms with van der Waals surface area (Å²) in [5.74, 6) is -0.732. The summed E-state index contributed by atoms with van der Waals surface area (Å²) in [5, 5.41) is 9.36. The van der Waals surface area contributed by atoms with Gasteiger partial charge >= 0.3 is 16.2 Å². The molecule has 0 atom stereocenters. The van der Waals surface area contributed by atoms with Crippen molar-refractivity contribution in [1.82, 2.24) is 4.31 Å². The topological polar surface area (TPSA) is 86.7 Å². The van der Waals surface area contributed by atoms with Gasteiger partial charge in [-0.1, -0.05) is 18.5 Å². The third-order valence-corrected chi connectivity index (χ3v) is 5.29. The molecule has 0 aliphatic carbocycles. The molecule has 2 N–H and O–H groups in total. The van der Waals surface area contributed by atoms with Crippen molar-refractivity contribution in [3.8, 4) is 0 Å². The summed E-state index contributed by atoms with van der Waals surface area (Å²) in [6.07, 6.45) is 1.60. The molecular formula is C13H17ClN2O4S. The molecule has 6 nitrogen and oxygen atoms in total. The number of piperidine rings is 1. The normalized spacial score (nSPS) is 17.6. The minimum absolute atomic E-state index is 0.0190. The fraction of sp³-hybridized carbons (Fsp3) is 0.462. The molecule has 1 saturated heterocycles. The summed E-state index contributed by atoms with van der Waals surface area (Å²) in [4.78, 5) is 11.2. The lowest BCUT2D eigenvalue weighted by Crippen LogP contribution is -2.41. The van der Waals surface area contributed by atoms with Gasteiger partial charge in [0.05, 0.1) is 11.3 Å². The van der Waals surface area contributed by atoms with E-state index >= 15 is 0 Å². The Kier molecular flexibility index (Phi) is 4.75. The maximum Gasteiger partial charge on any atom is 0.337 e. The van der Waals surface area contributed by atoms with Crippen LogP contribution in [0, 0.1) is 5.92 Å². The molecule has 1 fully saturated rings. The lowest BCUT2D eigenvalue weighted by molar-refractivity contribution is 0.0698. The van der Waals surface area contributed by atoms with E-state index in [0.29, 0.717) is 19.0 Å². The molecule has 0 aromatic heterocycles. The summed E-state index contributed by atoms with van der Waals surface area (Å²) >= 11 is 5.75. The van der Waals surface area contributed by atoms with Gasteiger partial charge in [0.15, 0.2) is 0 Å². The number of hydrogen-bond donors (Lipinski definition) is 2. The van der Waals surface area contributed by atoms with E-state index in [0.717, 1.165) is 12.8 Å². The van der Waals surface area contributed by atoms with Gasteiger partial charge in [-0.15, -0.1) is 0 Å². The van der Waals surface area contributed by atoms with E-state index < -0.39 is 16.2 Å². The average Bonchev–Trinajstić information content (AvgIpc) is 2.41. The number of carboxylic acids is 1. The van der Waals surface area contributed by atoms with E-state index in [1.165, 1.54) is 22.5 Å². The lowest BCUT2D eigenvalue weighted by Gasteiger charge is -2.29. The van der Waals surface area contributed by atoms with Gasteiger partial charge in [0.25, 0.3) is 0 Å². The highest BCUT2D eigenvalue weighted by atomic mass is 35.5. The van der Waals surface area contributed by atoms with Crippen LogP contribution in [0.2, 0.25) is 5.02 Å². The third-order valence-electron chi connectivity index (χ3n) is 3.53. The van der Waals surface area contributed by atoms with E-state index in [1.54, 1.807) is 0 Å². The highest BCUT2D eigenvalue weighted by Crippen LogP contribution is 2.24. The maximum atomic E-state index is 12.3. The molecule has 1 aliphatic heterocycles. The molecule has 0 spiro atoms. The molecule has 0 amide bonds. The summed E-state index contributed by atoms with van der Waals surface area (Å²) in [5.41, 5.74) is -0.151. The second kappa shape index (κ2) is 6.21. The van der Waals surface area contributed by atoms with Crippen molar-refractivity contribution in [2.24, 2.45) is 5.92 Å². The van der Waals surface area contributed by atoms with E-state index in [9.17, 15) is 13.2 Å². The van der Waals surface area contributed by atoms with Crippen LogP contribution in [0.4, 0.5) is 5.69 Å². The number of hydrogen-bond acceptors (Lipinski definition) is 3. The number of halogens is 1. The predicted octanol–water partition coefficient (Wildman–Crippen LogP) is 2.43. The fourth-order valence-electron chi connectivity index (χ4n) is 2.21. The van der Waals surface area contributed by atoms with Crippen LogP contribution < -0.4 is 4.72 Å². The van der Waals surface area contributed by atoms with E-state index in [-0.39, 0.29) is 16.3 Å². The minimum Gasteiger partial charge on any atom is -0.478 e. The molecule has 1 aromatic rings. The van der Waals surface area contributed by atoms with Crippen LogP contribution in [0.15, 0.2) is 18.2 Å². The van der Waals surface area contributed by atoms with Crippen molar-refractivity contribution in [3.05, 3.63) is 28.8 Å². The number of nitrogens with zero attached hydrogens (tertiary/aromatic N) is 1. The SMILES string of the molecule is CC1CCN(S(=O)(=O)Nc2ccc(Cl)cc2C(=O)O)CC1. The second-order valence-corrected chi connectivity index (χ2v) is 7.29. The number of carboxylic acid groups (broad SMARTS) is 1. The number of benzene rings is 1. The highest BCUT2D eigenvalue weighted by molar-refractivity contribution is 7.90. The number of nitrogens with one attached hydrogen (secondary N) is 1. The van der Waals surface area contributed by atoms with Gasteiger partial charge in [0, 0.05) is 18.1 Å². The Morgan fingerprint density at radius 2 is 2.00 bits per heavy atom. The summed E-state index contributed by atoms with van der Waals surface area (Å²) in [6, 6.07) is 4.03. The highest BCUT2D eigenvalue weighted by Gasteiger charge is 2.27. The summed E-state index contributed by atoms with van der Waals surface area (Å²) in [7, 11) is -3.75. The Hall–Kier alpha value is -1.31. The van der Waals surface area contributed by atoms with Crippen LogP contribution in [0.25, 0.3) is 0 Å². The second-order valence-electron chi connectivity index (χ2n) is 5.18. The Bertz CT molecular complexity index is 640. The molecule has 21 heavy (non-hydrogen) atoms. The van der Waals surface area contributed by atoms with Gasteiger partial charge in [-0.25, -0.2) is 4.79 Å². The van der Waals surface area contributed by atoms with Crippen LogP contribution in [0.3, 0.4) is 0 Å².